The van der Waals surface area contributed by atoms with Gasteiger partial charge in [-0.25, -0.2) is 0 Å². The van der Waals surface area contributed by atoms with Crippen LogP contribution in [0.5, 0.6) is 5.75 Å². The van der Waals surface area contributed by atoms with Crippen LogP contribution in [0.1, 0.15) is 5.56 Å². The second kappa shape index (κ2) is 8.93. The molecule has 0 fully saturated rings. The van der Waals surface area contributed by atoms with Gasteiger partial charge in [-0.15, -0.1) is 12.1 Å². The summed E-state index contributed by atoms with van der Waals surface area (Å²) in [5.41, 5.74) is 0.988. The summed E-state index contributed by atoms with van der Waals surface area (Å²) in [5.74, 6) is 0.810. The van der Waals surface area contributed by atoms with Gasteiger partial charge in [0.25, 0.3) is 0 Å². The van der Waals surface area contributed by atoms with E-state index in [0.717, 1.165) is 11.3 Å². The van der Waals surface area contributed by atoms with Crippen LogP contribution in [0, 0.1) is 6.07 Å². The molecule has 0 aromatic heterocycles. The maximum atomic E-state index is 5.90. The fourth-order valence-corrected chi connectivity index (χ4v) is 1.58. The molecular weight excluding hydrogens is 388 g/mol. The minimum atomic E-state index is 0.473. The summed E-state index contributed by atoms with van der Waals surface area (Å²) in [5, 5.41) is 1.10. The molecule has 0 N–H and O–H groups in total. The van der Waals surface area contributed by atoms with Crippen LogP contribution >= 0.6 is 36.8 Å². The standard InChI is InChI=1S/C13H9Cl2O.BrH.Zn/c14-12-7-6-10(8-13(12)15)9-16-11-4-2-1-3-5-11;;/h2-8H,9H2;1H;/q-1;;+2/p-1. The molecule has 18 heavy (non-hydrogen) atoms. The van der Waals surface area contributed by atoms with Gasteiger partial charge < -0.3 is 4.74 Å². The zero-order valence-electron chi connectivity index (χ0n) is 9.50. The van der Waals surface area contributed by atoms with Crippen LogP contribution in [0.2, 0.25) is 10.0 Å². The second-order valence-corrected chi connectivity index (χ2v) is 4.09. The van der Waals surface area contributed by atoms with Crippen LogP contribution in [0.3, 0.4) is 0 Å². The summed E-state index contributed by atoms with van der Waals surface area (Å²) in [6.07, 6.45) is 0. The van der Waals surface area contributed by atoms with E-state index in [9.17, 15) is 0 Å². The monoisotopic (exact) mass is 394 g/mol. The second-order valence-electron chi connectivity index (χ2n) is 3.27. The van der Waals surface area contributed by atoms with Crippen LogP contribution in [0.15, 0.2) is 42.5 Å². The van der Waals surface area contributed by atoms with E-state index in [1.54, 1.807) is 12.1 Å². The zero-order valence-corrected chi connectivity index (χ0v) is 15.6. The van der Waals surface area contributed by atoms with Gasteiger partial charge in [-0.1, -0.05) is 29.3 Å². The predicted molar refractivity (Wildman–Crippen MR) is 75.0 cm³/mol. The molecule has 0 saturated carbocycles. The van der Waals surface area contributed by atoms with Crippen molar-refractivity contribution in [1.82, 2.24) is 0 Å². The van der Waals surface area contributed by atoms with Crippen molar-refractivity contribution in [3.05, 3.63) is 64.1 Å². The zero-order chi connectivity index (χ0) is 13.4. The third kappa shape index (κ3) is 5.28. The van der Waals surface area contributed by atoms with Gasteiger partial charge >= 0.3 is 30.0 Å². The van der Waals surface area contributed by atoms with E-state index in [0.29, 0.717) is 16.7 Å². The Morgan fingerprint density at radius 1 is 1.06 bits per heavy atom. The van der Waals surface area contributed by atoms with Crippen molar-refractivity contribution in [2.24, 2.45) is 0 Å². The van der Waals surface area contributed by atoms with Gasteiger partial charge in [0.15, 0.2) is 0 Å². The summed E-state index contributed by atoms with van der Waals surface area (Å²) < 4.78 is 5.57. The molecule has 0 radical (unpaired) electrons. The molecule has 0 heterocycles. The third-order valence-electron chi connectivity index (χ3n) is 2.08. The molecule has 5 heteroatoms. The normalized spacial score (nSPS) is 9.39. The Bertz CT molecular complexity index is 480. The average Bonchev–Trinajstić information content (AvgIpc) is 2.44. The summed E-state index contributed by atoms with van der Waals surface area (Å²) in [6, 6.07) is 15.7. The van der Waals surface area contributed by atoms with Crippen LogP contribution in [0.4, 0.5) is 0 Å². The van der Waals surface area contributed by atoms with Gasteiger partial charge in [-0.3, -0.25) is 0 Å². The third-order valence-corrected chi connectivity index (χ3v) is 2.82. The molecule has 2 aromatic rings. The van der Waals surface area contributed by atoms with Crippen molar-refractivity contribution in [2.75, 3.05) is 0 Å². The molecule has 0 aliphatic carbocycles. The molecule has 0 unspecified atom stereocenters. The van der Waals surface area contributed by atoms with Gasteiger partial charge in [0, 0.05) is 5.75 Å². The maximum absolute atomic E-state index is 5.90. The fraction of sp³-hybridized carbons (Fsp3) is 0.0769. The molecule has 2 rings (SSSR count). The van der Waals surface area contributed by atoms with Crippen LogP contribution in [0.25, 0.3) is 0 Å². The molecule has 0 amide bonds. The van der Waals surface area contributed by atoms with E-state index in [4.69, 9.17) is 27.9 Å². The Kier molecular flexibility index (Phi) is 7.93. The van der Waals surface area contributed by atoms with Crippen molar-refractivity contribution in [3.63, 3.8) is 0 Å². The summed E-state index contributed by atoms with van der Waals surface area (Å²) in [7, 11) is 0. The van der Waals surface area contributed by atoms with Gasteiger partial charge in [0.05, 0.1) is 10.0 Å². The fourth-order valence-electron chi connectivity index (χ4n) is 1.26. The number of halogens is 3. The van der Waals surface area contributed by atoms with Crippen molar-refractivity contribution in [1.29, 1.82) is 0 Å². The number of hydrogen-bond donors (Lipinski definition) is 0. The van der Waals surface area contributed by atoms with Crippen molar-refractivity contribution >= 4 is 36.8 Å². The number of rotatable bonds is 3. The summed E-state index contributed by atoms with van der Waals surface area (Å²) in [4.78, 5) is 0. The Morgan fingerprint density at radius 3 is 2.33 bits per heavy atom. The SMILES string of the molecule is Clc1ccc(COc2cc[c-]cc2)cc1Cl.[Zn+][Br]. The van der Waals surface area contributed by atoms with E-state index in [1.165, 1.54) is 16.3 Å². The minimum absolute atomic E-state index is 0.473. The first-order valence-corrected chi connectivity index (χ1v) is 12.8. The van der Waals surface area contributed by atoms with E-state index >= 15 is 0 Å². The number of ether oxygens (including phenoxy) is 1. The van der Waals surface area contributed by atoms with Gasteiger partial charge in [0.2, 0.25) is 0 Å². The number of hydrogen-bond acceptors (Lipinski definition) is 1. The Morgan fingerprint density at radius 2 is 1.72 bits per heavy atom. The molecule has 0 aliphatic rings. The molecule has 0 bridgehead atoms. The summed E-state index contributed by atoms with van der Waals surface area (Å²) in [6.45, 7) is 0.473. The molecule has 1 nitrogen and oxygen atoms in total. The topological polar surface area (TPSA) is 9.23 Å². The predicted octanol–water partition coefficient (Wildman–Crippen LogP) is 5.22. The van der Waals surface area contributed by atoms with Crippen LogP contribution < -0.4 is 4.74 Å². The first kappa shape index (κ1) is 16.0. The molecule has 0 aliphatic heterocycles. The quantitative estimate of drug-likeness (QED) is 0.510. The Balaban J connectivity index is 0.000000771. The Labute approximate surface area is 133 Å². The van der Waals surface area contributed by atoms with E-state index in [-0.39, 0.29) is 0 Å². The number of benzene rings is 2. The first-order valence-electron chi connectivity index (χ1n) is 5.05. The van der Waals surface area contributed by atoms with E-state index in [2.05, 4.69) is 19.7 Å². The van der Waals surface area contributed by atoms with Gasteiger partial charge in [-0.05, 0) is 17.7 Å². The molecule has 0 spiro atoms. The van der Waals surface area contributed by atoms with E-state index < -0.39 is 0 Å². The van der Waals surface area contributed by atoms with Gasteiger partial charge in [0.1, 0.15) is 6.61 Å². The molecule has 0 atom stereocenters. The van der Waals surface area contributed by atoms with E-state index in [1.807, 2.05) is 30.3 Å². The van der Waals surface area contributed by atoms with Crippen LogP contribution in [-0.4, -0.2) is 0 Å². The van der Waals surface area contributed by atoms with Crippen molar-refractivity contribution in [2.45, 2.75) is 6.61 Å². The van der Waals surface area contributed by atoms with Crippen molar-refractivity contribution < 1.29 is 21.1 Å². The first-order chi connectivity index (χ1) is 8.75. The van der Waals surface area contributed by atoms with Crippen molar-refractivity contribution in [3.8, 4) is 5.75 Å². The van der Waals surface area contributed by atoms with Gasteiger partial charge in [-0.2, -0.15) is 18.2 Å². The Hall–Kier alpha value is -0.0766. The van der Waals surface area contributed by atoms with Crippen LogP contribution in [-0.2, 0) is 22.9 Å². The molecule has 0 saturated heterocycles. The molecule has 2 aromatic carbocycles. The molecular formula is C13H9BrCl2OZn. The average molecular weight is 397 g/mol. The summed E-state index contributed by atoms with van der Waals surface area (Å²) >= 11 is 16.0. The molecule has 90 valence electrons.